The molecule has 1 aliphatic rings. The van der Waals surface area contributed by atoms with Gasteiger partial charge in [0, 0.05) is 0 Å². The van der Waals surface area contributed by atoms with Crippen molar-refractivity contribution in [3.63, 3.8) is 0 Å². The Morgan fingerprint density at radius 3 is 2.56 bits per heavy atom. The fourth-order valence-corrected chi connectivity index (χ4v) is 0.821. The molecule has 0 aromatic heterocycles. The van der Waals surface area contributed by atoms with Gasteiger partial charge in [-0.25, -0.2) is 0 Å². The van der Waals surface area contributed by atoms with Crippen LogP contribution in [0.2, 0.25) is 0 Å². The smallest absolute Gasteiger partial charge is 0.122 e. The van der Waals surface area contributed by atoms with Gasteiger partial charge in [-0.3, -0.25) is 5.32 Å². The number of aliphatic hydroxyl groups is 1. The highest BCUT2D eigenvalue weighted by Crippen LogP contribution is 2.03. The summed E-state index contributed by atoms with van der Waals surface area (Å²) in [6, 6.07) is 1.63. The van der Waals surface area contributed by atoms with E-state index in [1.807, 2.05) is 6.07 Å². The van der Waals surface area contributed by atoms with E-state index < -0.39 is 6.10 Å². The minimum absolute atomic E-state index is 0. The summed E-state index contributed by atoms with van der Waals surface area (Å²) in [6.07, 6.45) is 0.262. The summed E-state index contributed by atoms with van der Waals surface area (Å²) in [6.45, 7) is 0.763. The van der Waals surface area contributed by atoms with Crippen molar-refractivity contribution in [2.24, 2.45) is 0 Å². The summed E-state index contributed by atoms with van der Waals surface area (Å²) in [4.78, 5) is 0. The summed E-state index contributed by atoms with van der Waals surface area (Å²) in [7, 11) is 0. The Bertz CT molecular complexity index is 123. The molecule has 0 bridgehead atoms. The van der Waals surface area contributed by atoms with Crippen LogP contribution in [0, 0.1) is 11.3 Å². The van der Waals surface area contributed by atoms with Crippen LogP contribution in [0.5, 0.6) is 0 Å². The standard InChI is InChI=1S/C5H8N2O.ClH/c6-3-4-5(8)1-2-7-4;/h4-5,7-8H,1-2H2;1H/t4-,5+;/m1./s1. The van der Waals surface area contributed by atoms with E-state index in [2.05, 4.69) is 5.32 Å². The van der Waals surface area contributed by atoms with Crippen molar-refractivity contribution < 1.29 is 5.11 Å². The molecule has 0 radical (unpaired) electrons. The second-order valence-electron chi connectivity index (χ2n) is 1.92. The molecule has 1 saturated heterocycles. The summed E-state index contributed by atoms with van der Waals surface area (Å²) in [5.74, 6) is 0. The monoisotopic (exact) mass is 148 g/mol. The van der Waals surface area contributed by atoms with E-state index in [0.717, 1.165) is 6.54 Å². The van der Waals surface area contributed by atoms with Crippen molar-refractivity contribution in [2.75, 3.05) is 6.54 Å². The highest BCUT2D eigenvalue weighted by molar-refractivity contribution is 5.85. The van der Waals surface area contributed by atoms with Gasteiger partial charge in [0.15, 0.2) is 0 Å². The number of rotatable bonds is 0. The van der Waals surface area contributed by atoms with Gasteiger partial charge in [0.1, 0.15) is 6.04 Å². The summed E-state index contributed by atoms with van der Waals surface area (Å²) in [5, 5.41) is 20.0. The van der Waals surface area contributed by atoms with Gasteiger partial charge in [-0.1, -0.05) is 0 Å². The minimum atomic E-state index is -0.444. The van der Waals surface area contributed by atoms with E-state index in [1.165, 1.54) is 0 Å². The third kappa shape index (κ3) is 1.83. The van der Waals surface area contributed by atoms with Crippen molar-refractivity contribution in [3.8, 4) is 6.07 Å². The lowest BCUT2D eigenvalue weighted by atomic mass is 10.2. The quantitative estimate of drug-likeness (QED) is 0.494. The van der Waals surface area contributed by atoms with Gasteiger partial charge in [-0.2, -0.15) is 5.26 Å². The Morgan fingerprint density at radius 1 is 1.67 bits per heavy atom. The predicted molar refractivity (Wildman–Crippen MR) is 35.3 cm³/mol. The molecule has 2 N–H and O–H groups in total. The van der Waals surface area contributed by atoms with Crippen molar-refractivity contribution in [3.05, 3.63) is 0 Å². The third-order valence-electron chi connectivity index (χ3n) is 1.33. The zero-order chi connectivity index (χ0) is 5.98. The van der Waals surface area contributed by atoms with Crippen LogP contribution in [-0.2, 0) is 0 Å². The molecule has 1 heterocycles. The number of halogens is 1. The SMILES string of the molecule is Cl.N#C[C@H]1NCC[C@@H]1O. The highest BCUT2D eigenvalue weighted by atomic mass is 35.5. The third-order valence-corrected chi connectivity index (χ3v) is 1.33. The van der Waals surface area contributed by atoms with Gasteiger partial charge in [-0.05, 0) is 13.0 Å². The van der Waals surface area contributed by atoms with Gasteiger partial charge < -0.3 is 5.11 Å². The van der Waals surface area contributed by atoms with Gasteiger partial charge >= 0.3 is 0 Å². The largest absolute Gasteiger partial charge is 0.390 e. The van der Waals surface area contributed by atoms with Crippen LogP contribution in [0.15, 0.2) is 0 Å². The number of hydrogen-bond acceptors (Lipinski definition) is 3. The second kappa shape index (κ2) is 3.67. The molecule has 0 aliphatic carbocycles. The normalized spacial score (nSPS) is 32.9. The molecular formula is C5H9ClN2O. The maximum atomic E-state index is 8.90. The Morgan fingerprint density at radius 2 is 2.33 bits per heavy atom. The summed E-state index contributed by atoms with van der Waals surface area (Å²) >= 11 is 0. The van der Waals surface area contributed by atoms with Crippen LogP contribution in [0.3, 0.4) is 0 Å². The molecule has 0 aromatic carbocycles. The first kappa shape index (κ1) is 8.70. The van der Waals surface area contributed by atoms with E-state index >= 15 is 0 Å². The Kier molecular flexibility index (Phi) is 3.55. The van der Waals surface area contributed by atoms with E-state index in [0.29, 0.717) is 6.42 Å². The fraction of sp³-hybridized carbons (Fsp3) is 0.800. The number of hydrogen-bond donors (Lipinski definition) is 2. The Balaban J connectivity index is 0.000000640. The van der Waals surface area contributed by atoms with Crippen LogP contribution in [0.25, 0.3) is 0 Å². The number of nitrogens with zero attached hydrogens (tertiary/aromatic N) is 1. The first-order chi connectivity index (χ1) is 3.84. The second-order valence-corrected chi connectivity index (χ2v) is 1.92. The molecule has 9 heavy (non-hydrogen) atoms. The zero-order valence-electron chi connectivity index (χ0n) is 4.87. The van der Waals surface area contributed by atoms with Crippen molar-refractivity contribution in [1.29, 1.82) is 5.26 Å². The molecule has 0 aromatic rings. The first-order valence-corrected chi connectivity index (χ1v) is 2.65. The van der Waals surface area contributed by atoms with Gasteiger partial charge in [0.25, 0.3) is 0 Å². The van der Waals surface area contributed by atoms with E-state index in [1.54, 1.807) is 0 Å². The molecule has 0 spiro atoms. The molecule has 0 saturated carbocycles. The fourth-order valence-electron chi connectivity index (χ4n) is 0.821. The number of nitriles is 1. The molecule has 3 nitrogen and oxygen atoms in total. The molecule has 4 heteroatoms. The molecule has 1 aliphatic heterocycles. The highest BCUT2D eigenvalue weighted by Gasteiger charge is 2.23. The van der Waals surface area contributed by atoms with Crippen LogP contribution in [0.4, 0.5) is 0 Å². The van der Waals surface area contributed by atoms with Gasteiger partial charge in [0.2, 0.25) is 0 Å². The van der Waals surface area contributed by atoms with E-state index in [9.17, 15) is 0 Å². The lowest BCUT2D eigenvalue weighted by Crippen LogP contribution is -2.27. The summed E-state index contributed by atoms with van der Waals surface area (Å²) < 4.78 is 0. The van der Waals surface area contributed by atoms with Crippen molar-refractivity contribution >= 4 is 12.4 Å². The van der Waals surface area contributed by atoms with E-state index in [-0.39, 0.29) is 18.4 Å². The van der Waals surface area contributed by atoms with E-state index in [4.69, 9.17) is 10.4 Å². The molecular weight excluding hydrogens is 140 g/mol. The number of aliphatic hydroxyl groups excluding tert-OH is 1. The molecule has 1 rings (SSSR count). The average molecular weight is 149 g/mol. The lowest BCUT2D eigenvalue weighted by Gasteiger charge is -2.01. The van der Waals surface area contributed by atoms with Gasteiger partial charge in [-0.15, -0.1) is 12.4 Å². The zero-order valence-corrected chi connectivity index (χ0v) is 5.69. The van der Waals surface area contributed by atoms with Crippen molar-refractivity contribution in [2.45, 2.75) is 18.6 Å². The molecule has 2 atom stereocenters. The first-order valence-electron chi connectivity index (χ1n) is 2.65. The predicted octanol–water partition coefficient (Wildman–Crippen LogP) is -0.345. The summed E-state index contributed by atoms with van der Waals surface area (Å²) in [5.41, 5.74) is 0. The Hall–Kier alpha value is -0.300. The maximum Gasteiger partial charge on any atom is 0.122 e. The van der Waals surface area contributed by atoms with Crippen LogP contribution < -0.4 is 5.32 Å². The molecule has 0 amide bonds. The number of nitrogens with one attached hydrogen (secondary N) is 1. The van der Waals surface area contributed by atoms with Gasteiger partial charge in [0.05, 0.1) is 12.2 Å². The maximum absolute atomic E-state index is 8.90. The Labute approximate surface area is 60.1 Å². The average Bonchev–Trinajstić information content (AvgIpc) is 2.14. The van der Waals surface area contributed by atoms with Crippen LogP contribution in [0.1, 0.15) is 6.42 Å². The van der Waals surface area contributed by atoms with Crippen LogP contribution >= 0.6 is 12.4 Å². The molecule has 1 fully saturated rings. The molecule has 52 valence electrons. The van der Waals surface area contributed by atoms with Crippen LogP contribution in [-0.4, -0.2) is 23.8 Å². The lowest BCUT2D eigenvalue weighted by molar-refractivity contribution is 0.177. The van der Waals surface area contributed by atoms with Crippen molar-refractivity contribution in [1.82, 2.24) is 5.32 Å². The minimum Gasteiger partial charge on any atom is -0.390 e. The molecule has 0 unspecified atom stereocenters. The topological polar surface area (TPSA) is 56.0 Å².